The summed E-state index contributed by atoms with van der Waals surface area (Å²) >= 11 is 0. The van der Waals surface area contributed by atoms with Gasteiger partial charge in [0.2, 0.25) is 0 Å². The highest BCUT2D eigenvalue weighted by atomic mass is 16.6. The molecule has 2 atom stereocenters. The highest BCUT2D eigenvalue weighted by Gasteiger charge is 2.32. The largest absolute Gasteiger partial charge is 0.466 e. The first kappa shape index (κ1) is 12.7. The first-order valence-corrected chi connectivity index (χ1v) is 5.24. The second-order valence-electron chi connectivity index (χ2n) is 3.75. The molecule has 0 aromatic heterocycles. The Bertz CT molecular complexity index is 294. The Balaban J connectivity index is 2.73. The van der Waals surface area contributed by atoms with Crippen molar-refractivity contribution in [3.05, 3.63) is 12.2 Å². The maximum Gasteiger partial charge on any atom is 0.336 e. The number of nitrogens with one attached hydrogen (secondary N) is 1. The van der Waals surface area contributed by atoms with Gasteiger partial charge in [0.15, 0.2) is 0 Å². The van der Waals surface area contributed by atoms with Crippen LogP contribution in [-0.2, 0) is 19.1 Å². The Morgan fingerprint density at radius 2 is 2.19 bits per heavy atom. The second-order valence-corrected chi connectivity index (χ2v) is 3.75. The molecule has 0 spiro atoms. The maximum absolute atomic E-state index is 11.4. The van der Waals surface area contributed by atoms with Crippen LogP contribution in [0.4, 0.5) is 0 Å². The Hall–Kier alpha value is -1.36. The number of esters is 2. The first-order valence-electron chi connectivity index (χ1n) is 5.24. The molecule has 5 heteroatoms. The summed E-state index contributed by atoms with van der Waals surface area (Å²) in [6.45, 7) is 5.80. The summed E-state index contributed by atoms with van der Waals surface area (Å²) in [5, 5.41) is 3.18. The highest BCUT2D eigenvalue weighted by molar-refractivity contribution is 5.89. The van der Waals surface area contributed by atoms with Gasteiger partial charge in [-0.15, -0.1) is 0 Å². The molecule has 16 heavy (non-hydrogen) atoms. The predicted molar refractivity (Wildman–Crippen MR) is 57.7 cm³/mol. The first-order chi connectivity index (χ1) is 7.56. The molecule has 1 fully saturated rings. The summed E-state index contributed by atoms with van der Waals surface area (Å²) in [6, 6.07) is -0.0458. The fourth-order valence-corrected chi connectivity index (χ4v) is 1.79. The van der Waals surface area contributed by atoms with Gasteiger partial charge in [0.25, 0.3) is 0 Å². The average molecular weight is 227 g/mol. The van der Waals surface area contributed by atoms with E-state index < -0.39 is 18.0 Å². The van der Waals surface area contributed by atoms with Gasteiger partial charge in [0, 0.05) is 13.0 Å². The van der Waals surface area contributed by atoms with Crippen LogP contribution >= 0.6 is 0 Å². The molecule has 0 radical (unpaired) electrons. The minimum atomic E-state index is -0.632. The molecule has 1 unspecified atom stereocenters. The number of rotatable bonds is 4. The summed E-state index contributed by atoms with van der Waals surface area (Å²) in [5.74, 6) is -0.969. The van der Waals surface area contributed by atoms with Crippen LogP contribution in [0.15, 0.2) is 12.2 Å². The van der Waals surface area contributed by atoms with Crippen molar-refractivity contribution in [2.24, 2.45) is 0 Å². The van der Waals surface area contributed by atoms with Crippen LogP contribution in [0.1, 0.15) is 19.8 Å². The molecule has 0 aromatic carbocycles. The number of hydrogen-bond acceptors (Lipinski definition) is 5. The fourth-order valence-electron chi connectivity index (χ4n) is 1.79. The lowest BCUT2D eigenvalue weighted by atomic mass is 10.0. The van der Waals surface area contributed by atoms with Crippen LogP contribution in [0.5, 0.6) is 0 Å². The molecule has 1 aliphatic heterocycles. The molecular formula is C11H17NO4. The van der Waals surface area contributed by atoms with Gasteiger partial charge in [0.05, 0.1) is 12.7 Å². The molecule has 0 aromatic rings. The Morgan fingerprint density at radius 3 is 2.62 bits per heavy atom. The van der Waals surface area contributed by atoms with Crippen molar-refractivity contribution in [3.63, 3.8) is 0 Å². The molecule has 0 aliphatic carbocycles. The lowest BCUT2D eigenvalue weighted by Crippen LogP contribution is -2.41. The highest BCUT2D eigenvalue weighted by Crippen LogP contribution is 2.18. The zero-order valence-electron chi connectivity index (χ0n) is 9.62. The lowest BCUT2D eigenvalue weighted by molar-refractivity contribution is -0.148. The molecule has 0 bridgehead atoms. The third-order valence-corrected chi connectivity index (χ3v) is 2.55. The van der Waals surface area contributed by atoms with E-state index in [0.717, 1.165) is 19.4 Å². The van der Waals surface area contributed by atoms with Crippen LogP contribution in [0.3, 0.4) is 0 Å². The van der Waals surface area contributed by atoms with Crippen molar-refractivity contribution in [3.8, 4) is 0 Å². The molecule has 5 nitrogen and oxygen atoms in total. The van der Waals surface area contributed by atoms with E-state index >= 15 is 0 Å². The molecule has 0 amide bonds. The third-order valence-electron chi connectivity index (χ3n) is 2.55. The van der Waals surface area contributed by atoms with Crippen LogP contribution < -0.4 is 5.32 Å². The molecular weight excluding hydrogens is 210 g/mol. The Morgan fingerprint density at radius 1 is 1.50 bits per heavy atom. The van der Waals surface area contributed by atoms with Crippen molar-refractivity contribution in [1.29, 1.82) is 0 Å². The Kier molecular flexibility index (Phi) is 4.49. The van der Waals surface area contributed by atoms with Crippen molar-refractivity contribution in [2.75, 3.05) is 13.7 Å². The SMILES string of the molecule is C=C(C(=O)OC)C(OC(C)=O)[C@@H]1CCCN1. The van der Waals surface area contributed by atoms with E-state index in [9.17, 15) is 9.59 Å². The monoisotopic (exact) mass is 227 g/mol. The molecule has 1 N–H and O–H groups in total. The maximum atomic E-state index is 11.4. The predicted octanol–water partition coefficient (Wildman–Crippen LogP) is 0.399. The van der Waals surface area contributed by atoms with Crippen molar-refractivity contribution >= 4 is 11.9 Å². The summed E-state index contributed by atoms with van der Waals surface area (Å²) in [6.07, 6.45) is 1.22. The average Bonchev–Trinajstić information content (AvgIpc) is 2.76. The lowest BCUT2D eigenvalue weighted by Gasteiger charge is -2.23. The molecule has 1 rings (SSSR count). The molecule has 1 aliphatic rings. The van der Waals surface area contributed by atoms with E-state index in [1.54, 1.807) is 0 Å². The molecule has 1 saturated heterocycles. The van der Waals surface area contributed by atoms with Crippen LogP contribution in [0.2, 0.25) is 0 Å². The quantitative estimate of drug-likeness (QED) is 0.556. The number of methoxy groups -OCH3 is 1. The van der Waals surface area contributed by atoms with Crippen molar-refractivity contribution in [2.45, 2.75) is 31.9 Å². The van der Waals surface area contributed by atoms with E-state index in [2.05, 4.69) is 16.6 Å². The fraction of sp³-hybridized carbons (Fsp3) is 0.636. The van der Waals surface area contributed by atoms with Crippen molar-refractivity contribution in [1.82, 2.24) is 5.32 Å². The second kappa shape index (κ2) is 5.65. The minimum absolute atomic E-state index is 0.0458. The molecule has 90 valence electrons. The minimum Gasteiger partial charge on any atom is -0.466 e. The van der Waals surface area contributed by atoms with Crippen LogP contribution in [0.25, 0.3) is 0 Å². The van der Waals surface area contributed by atoms with Crippen molar-refractivity contribution < 1.29 is 19.1 Å². The van der Waals surface area contributed by atoms with Gasteiger partial charge in [-0.1, -0.05) is 6.58 Å². The standard InChI is InChI=1S/C11H17NO4/c1-7(11(14)15-3)10(16-8(2)13)9-5-4-6-12-9/h9-10,12H,1,4-6H2,2-3H3/t9-,10?/m0/s1. The van der Waals surface area contributed by atoms with E-state index in [0.29, 0.717) is 0 Å². The van der Waals surface area contributed by atoms with Gasteiger partial charge >= 0.3 is 11.9 Å². The zero-order valence-corrected chi connectivity index (χ0v) is 9.62. The topological polar surface area (TPSA) is 64.6 Å². The number of carbonyl (C=O) groups is 2. The molecule has 0 saturated carbocycles. The van der Waals surface area contributed by atoms with Gasteiger partial charge in [-0.05, 0) is 19.4 Å². The number of carbonyl (C=O) groups excluding carboxylic acids is 2. The van der Waals surface area contributed by atoms with Gasteiger partial charge in [-0.2, -0.15) is 0 Å². The normalized spacial score (nSPS) is 21.2. The third kappa shape index (κ3) is 3.06. The van der Waals surface area contributed by atoms with Gasteiger partial charge in [0.1, 0.15) is 6.10 Å². The Labute approximate surface area is 94.8 Å². The number of ether oxygens (including phenoxy) is 2. The smallest absolute Gasteiger partial charge is 0.336 e. The number of hydrogen-bond donors (Lipinski definition) is 1. The summed E-state index contributed by atoms with van der Waals surface area (Å²) < 4.78 is 9.69. The van der Waals surface area contributed by atoms with Crippen LogP contribution in [-0.4, -0.2) is 37.7 Å². The van der Waals surface area contributed by atoms with Gasteiger partial charge in [-0.3, -0.25) is 4.79 Å². The van der Waals surface area contributed by atoms with E-state index in [4.69, 9.17) is 4.74 Å². The van der Waals surface area contributed by atoms with E-state index in [1.165, 1.54) is 14.0 Å². The van der Waals surface area contributed by atoms with Gasteiger partial charge in [-0.25, -0.2) is 4.79 Å². The summed E-state index contributed by atoms with van der Waals surface area (Å²) in [4.78, 5) is 22.3. The summed E-state index contributed by atoms with van der Waals surface area (Å²) in [5.41, 5.74) is 0.178. The molecule has 1 heterocycles. The van der Waals surface area contributed by atoms with Gasteiger partial charge < -0.3 is 14.8 Å². The zero-order chi connectivity index (χ0) is 12.1. The van der Waals surface area contributed by atoms with E-state index in [1.807, 2.05) is 0 Å². The van der Waals surface area contributed by atoms with Crippen LogP contribution in [0, 0.1) is 0 Å². The van der Waals surface area contributed by atoms with E-state index in [-0.39, 0.29) is 11.6 Å². The summed E-state index contributed by atoms with van der Waals surface area (Å²) in [7, 11) is 1.28.